The zero-order valence-corrected chi connectivity index (χ0v) is 16.3. The molecule has 0 radical (unpaired) electrons. The molecule has 4 nitrogen and oxygen atoms in total. The Morgan fingerprint density at radius 1 is 0.875 bits per heavy atom. The van der Waals surface area contributed by atoms with E-state index in [2.05, 4.69) is 6.92 Å². The fourth-order valence-corrected chi connectivity index (χ4v) is 1.86. The molecule has 0 saturated heterocycles. The lowest BCUT2D eigenvalue weighted by molar-refractivity contribution is -0.133. The van der Waals surface area contributed by atoms with Gasteiger partial charge in [-0.15, -0.1) is 0 Å². The van der Waals surface area contributed by atoms with Crippen molar-refractivity contribution in [1.29, 1.82) is 0 Å². The molecule has 136 valence electrons. The normalized spacial score (nSPS) is 14.1. The molecule has 2 N–H and O–H groups in total. The second-order valence-electron chi connectivity index (χ2n) is 5.71. The topological polar surface area (TPSA) is 74.6 Å². The second kappa shape index (κ2) is 12.3. The Bertz CT molecular complexity index is 568. The van der Waals surface area contributed by atoms with Crippen LogP contribution in [0, 0.1) is 0 Å². The summed E-state index contributed by atoms with van der Waals surface area (Å²) in [6.45, 7) is 15.4. The Hall–Kier alpha value is -2.10. The summed E-state index contributed by atoms with van der Waals surface area (Å²) >= 11 is 0. The fourth-order valence-electron chi connectivity index (χ4n) is 1.86. The average molecular weight is 336 g/mol. The Balaban J connectivity index is 0. The average Bonchev–Trinajstić information content (AvgIpc) is 2.52. The van der Waals surface area contributed by atoms with Gasteiger partial charge in [-0.25, -0.2) is 9.59 Å². The zero-order valence-electron chi connectivity index (χ0n) is 16.3. The molecular weight excluding hydrogens is 304 g/mol. The van der Waals surface area contributed by atoms with Gasteiger partial charge in [0.25, 0.3) is 0 Å². The lowest BCUT2D eigenvalue weighted by Gasteiger charge is -2.17. The van der Waals surface area contributed by atoms with E-state index in [1.165, 1.54) is 5.57 Å². The van der Waals surface area contributed by atoms with E-state index in [4.69, 9.17) is 10.2 Å². The number of aliphatic carboxylic acids is 2. The Labute approximate surface area is 146 Å². The van der Waals surface area contributed by atoms with Gasteiger partial charge in [0.2, 0.25) is 0 Å². The molecule has 1 aliphatic carbocycles. The van der Waals surface area contributed by atoms with E-state index in [0.717, 1.165) is 23.1 Å². The summed E-state index contributed by atoms with van der Waals surface area (Å²) in [5, 5.41) is 17.2. The summed E-state index contributed by atoms with van der Waals surface area (Å²) < 4.78 is 0. The van der Waals surface area contributed by atoms with Crippen molar-refractivity contribution in [1.82, 2.24) is 0 Å². The number of hydrogen-bond acceptors (Lipinski definition) is 2. The predicted octanol–water partition coefficient (Wildman–Crippen LogP) is 5.53. The van der Waals surface area contributed by atoms with Crippen LogP contribution in [-0.4, -0.2) is 22.2 Å². The minimum atomic E-state index is -0.863. The number of hydrogen-bond donors (Lipinski definition) is 2. The molecule has 0 bridgehead atoms. The molecule has 1 rings (SSSR count). The van der Waals surface area contributed by atoms with Crippen LogP contribution in [0.25, 0.3) is 0 Å². The molecule has 0 atom stereocenters. The first kappa shape index (κ1) is 24.2. The van der Waals surface area contributed by atoms with E-state index in [1.54, 1.807) is 19.1 Å². The molecular formula is C20H32O4. The molecule has 0 fully saturated rings. The van der Waals surface area contributed by atoms with Crippen LogP contribution in [0.15, 0.2) is 45.6 Å². The molecule has 0 aromatic rings. The van der Waals surface area contributed by atoms with Gasteiger partial charge in [-0.05, 0) is 65.5 Å². The van der Waals surface area contributed by atoms with Crippen molar-refractivity contribution in [2.24, 2.45) is 0 Å². The van der Waals surface area contributed by atoms with Crippen LogP contribution in [0.5, 0.6) is 0 Å². The minimum absolute atomic E-state index is 0.362. The van der Waals surface area contributed by atoms with Gasteiger partial charge in [0.05, 0.1) is 0 Å². The Morgan fingerprint density at radius 3 is 1.75 bits per heavy atom. The second-order valence-corrected chi connectivity index (χ2v) is 5.71. The zero-order chi connectivity index (χ0) is 19.4. The van der Waals surface area contributed by atoms with Gasteiger partial charge >= 0.3 is 11.9 Å². The van der Waals surface area contributed by atoms with E-state index in [1.807, 2.05) is 41.5 Å². The maximum Gasteiger partial charge on any atom is 0.331 e. The van der Waals surface area contributed by atoms with Crippen molar-refractivity contribution in [2.75, 3.05) is 0 Å². The number of allylic oxidation sites excluding steroid dienone is 6. The first-order chi connectivity index (χ1) is 11.1. The Morgan fingerprint density at radius 2 is 1.38 bits per heavy atom. The van der Waals surface area contributed by atoms with Gasteiger partial charge in [-0.3, -0.25) is 0 Å². The van der Waals surface area contributed by atoms with E-state index in [-0.39, 0.29) is 0 Å². The molecule has 0 amide bonds. The number of rotatable bonds is 3. The maximum atomic E-state index is 10.7. The van der Waals surface area contributed by atoms with Crippen LogP contribution in [0.2, 0.25) is 0 Å². The third kappa shape index (κ3) is 9.13. The highest BCUT2D eigenvalue weighted by Gasteiger charge is 2.17. The highest BCUT2D eigenvalue weighted by molar-refractivity contribution is 5.89. The van der Waals surface area contributed by atoms with E-state index < -0.39 is 11.9 Å². The van der Waals surface area contributed by atoms with Gasteiger partial charge in [-0.2, -0.15) is 0 Å². The first-order valence-electron chi connectivity index (χ1n) is 8.22. The van der Waals surface area contributed by atoms with Crippen LogP contribution in [0.3, 0.4) is 0 Å². The molecule has 4 heteroatoms. The molecule has 0 aromatic heterocycles. The highest BCUT2D eigenvalue weighted by atomic mass is 16.4. The van der Waals surface area contributed by atoms with Gasteiger partial charge in [0.15, 0.2) is 0 Å². The number of carboxylic acid groups (broad SMARTS) is 2. The van der Waals surface area contributed by atoms with Crippen LogP contribution < -0.4 is 0 Å². The number of carbonyl (C=O) groups is 2. The first-order valence-corrected chi connectivity index (χ1v) is 8.22. The van der Waals surface area contributed by atoms with Gasteiger partial charge < -0.3 is 10.2 Å². The largest absolute Gasteiger partial charge is 0.478 e. The standard InChI is InChI=1S/C10H14O2.C8H12O2.C2H6/c1-6-4-5-9(10(11)12)8(3)7(6)2;1-6(2)4-5-7(3)8(9)10;1-2/h4-5H2,1-3H3,(H,11,12);4-5H,1-3H3,(H,9,10);1-2H3/b;7-5+;. The summed E-state index contributed by atoms with van der Waals surface area (Å²) in [7, 11) is 0. The molecule has 0 aliphatic heterocycles. The lowest BCUT2D eigenvalue weighted by Crippen LogP contribution is -2.09. The monoisotopic (exact) mass is 336 g/mol. The molecule has 0 unspecified atom stereocenters. The third-order valence-corrected chi connectivity index (χ3v) is 3.67. The smallest absolute Gasteiger partial charge is 0.331 e. The van der Waals surface area contributed by atoms with Crippen molar-refractivity contribution in [3.63, 3.8) is 0 Å². The van der Waals surface area contributed by atoms with Crippen molar-refractivity contribution in [2.45, 2.75) is 68.2 Å². The summed E-state index contributed by atoms with van der Waals surface area (Å²) in [5.41, 5.74) is 5.46. The highest BCUT2D eigenvalue weighted by Crippen LogP contribution is 2.29. The summed E-state index contributed by atoms with van der Waals surface area (Å²) in [6, 6.07) is 0. The lowest BCUT2D eigenvalue weighted by atomic mass is 9.88. The van der Waals surface area contributed by atoms with Crippen molar-refractivity contribution < 1.29 is 19.8 Å². The van der Waals surface area contributed by atoms with E-state index in [0.29, 0.717) is 17.6 Å². The van der Waals surface area contributed by atoms with Gasteiger partial charge in [0, 0.05) is 11.1 Å². The van der Waals surface area contributed by atoms with E-state index in [9.17, 15) is 9.59 Å². The van der Waals surface area contributed by atoms with E-state index >= 15 is 0 Å². The molecule has 0 spiro atoms. The van der Waals surface area contributed by atoms with Gasteiger partial charge in [-0.1, -0.05) is 37.1 Å². The molecule has 1 aliphatic rings. The third-order valence-electron chi connectivity index (χ3n) is 3.67. The van der Waals surface area contributed by atoms with Crippen LogP contribution in [0.4, 0.5) is 0 Å². The fraction of sp³-hybridized carbons (Fsp3) is 0.500. The van der Waals surface area contributed by atoms with Crippen molar-refractivity contribution in [3.8, 4) is 0 Å². The van der Waals surface area contributed by atoms with Crippen LogP contribution in [-0.2, 0) is 9.59 Å². The quantitative estimate of drug-likeness (QED) is 0.525. The summed E-state index contributed by atoms with van der Waals surface area (Å²) in [4.78, 5) is 21.0. The predicted molar refractivity (Wildman–Crippen MR) is 100 cm³/mol. The SMILES string of the molecule is CC.CC(C)=C/C=C(\C)C(=O)O.CC1=C(C)C(C)=C(C(=O)O)CC1. The number of carboxylic acids is 2. The van der Waals surface area contributed by atoms with Crippen LogP contribution >= 0.6 is 0 Å². The molecule has 24 heavy (non-hydrogen) atoms. The molecule has 0 saturated carbocycles. The van der Waals surface area contributed by atoms with Crippen molar-refractivity contribution >= 4 is 11.9 Å². The maximum absolute atomic E-state index is 10.7. The Kier molecular flexibility index (Phi) is 12.4. The molecule has 0 aromatic carbocycles. The van der Waals surface area contributed by atoms with Gasteiger partial charge in [0.1, 0.15) is 0 Å². The minimum Gasteiger partial charge on any atom is -0.478 e. The van der Waals surface area contributed by atoms with Crippen LogP contribution in [0.1, 0.15) is 68.2 Å². The molecule has 0 heterocycles. The summed E-state index contributed by atoms with van der Waals surface area (Å²) in [5.74, 6) is -1.63. The summed E-state index contributed by atoms with van der Waals surface area (Å²) in [6.07, 6.45) is 4.95. The van der Waals surface area contributed by atoms with Crippen molar-refractivity contribution in [3.05, 3.63) is 45.6 Å².